The molecule has 60 valence electrons. The van der Waals surface area contributed by atoms with Gasteiger partial charge in [0.15, 0.2) is 0 Å². The second-order valence-corrected chi connectivity index (χ2v) is 3.94. The highest BCUT2D eigenvalue weighted by Crippen LogP contribution is 2.21. The third-order valence-corrected chi connectivity index (χ3v) is 2.20. The Morgan fingerprint density at radius 3 is 2.27 bits per heavy atom. The van der Waals surface area contributed by atoms with Gasteiger partial charge >= 0.3 is 0 Å². The number of nitrogens with two attached hydrogens (primary N) is 1. The lowest BCUT2D eigenvalue weighted by atomic mass is 10.1. The third-order valence-electron chi connectivity index (χ3n) is 1.67. The van der Waals surface area contributed by atoms with Crippen LogP contribution in [-0.4, -0.2) is 0 Å². The maximum absolute atomic E-state index is 5.46. The molecule has 0 amide bonds. The monoisotopic (exact) mass is 213 g/mol. The fraction of sp³-hybridized carbons (Fsp3) is 0.333. The number of hydrogen-bond acceptors (Lipinski definition) is 1. The molecule has 0 spiro atoms. The van der Waals surface area contributed by atoms with Crippen LogP contribution >= 0.6 is 15.9 Å². The van der Waals surface area contributed by atoms with E-state index in [-0.39, 0.29) is 0 Å². The van der Waals surface area contributed by atoms with Crippen molar-refractivity contribution in [2.45, 2.75) is 18.3 Å². The summed E-state index contributed by atoms with van der Waals surface area (Å²) in [5.41, 5.74) is 7.94. The molecule has 0 aliphatic heterocycles. The van der Waals surface area contributed by atoms with E-state index in [9.17, 15) is 0 Å². The minimum atomic E-state index is 0.425. The molecule has 0 saturated carbocycles. The summed E-state index contributed by atoms with van der Waals surface area (Å²) in [6.45, 7) is 2.73. The molecule has 0 aromatic heterocycles. The number of hydrogen-bond donors (Lipinski definition) is 1. The molecule has 11 heavy (non-hydrogen) atoms. The molecule has 0 saturated heterocycles. The zero-order chi connectivity index (χ0) is 8.27. The van der Waals surface area contributed by atoms with Crippen LogP contribution < -0.4 is 5.73 Å². The van der Waals surface area contributed by atoms with Crippen LogP contribution in [0.1, 0.15) is 22.9 Å². The van der Waals surface area contributed by atoms with Crippen LogP contribution in [0.15, 0.2) is 24.3 Å². The Labute approximate surface area is 75.7 Å². The van der Waals surface area contributed by atoms with Crippen LogP contribution in [0.2, 0.25) is 0 Å². The second kappa shape index (κ2) is 3.88. The van der Waals surface area contributed by atoms with E-state index in [1.54, 1.807) is 0 Å². The molecule has 1 unspecified atom stereocenters. The molecule has 1 aromatic rings. The fourth-order valence-corrected chi connectivity index (χ4v) is 1.22. The molecule has 0 radical (unpaired) electrons. The topological polar surface area (TPSA) is 26.0 Å². The van der Waals surface area contributed by atoms with Crippen molar-refractivity contribution < 1.29 is 0 Å². The predicted octanol–water partition coefficient (Wildman–Crippen LogP) is 2.60. The van der Waals surface area contributed by atoms with Gasteiger partial charge in [-0.2, -0.15) is 0 Å². The van der Waals surface area contributed by atoms with Crippen LogP contribution in [0, 0.1) is 0 Å². The van der Waals surface area contributed by atoms with Crippen molar-refractivity contribution in [1.29, 1.82) is 0 Å². The zero-order valence-corrected chi connectivity index (χ0v) is 8.14. The third kappa shape index (κ3) is 2.31. The van der Waals surface area contributed by atoms with E-state index in [2.05, 4.69) is 47.1 Å². The molecule has 1 atom stereocenters. The van der Waals surface area contributed by atoms with Crippen molar-refractivity contribution in [3.63, 3.8) is 0 Å². The van der Waals surface area contributed by atoms with Gasteiger partial charge in [0.25, 0.3) is 0 Å². The van der Waals surface area contributed by atoms with Gasteiger partial charge in [0.2, 0.25) is 0 Å². The highest BCUT2D eigenvalue weighted by Gasteiger charge is 1.98. The van der Waals surface area contributed by atoms with Gasteiger partial charge in [0, 0.05) is 11.4 Å². The standard InChI is InChI=1S/C9H12BrN/c1-7(10)9-4-2-8(6-11)3-5-9/h2-5,7H,6,11H2,1H3. The minimum Gasteiger partial charge on any atom is -0.326 e. The Bertz CT molecular complexity index is 216. The Morgan fingerprint density at radius 1 is 1.36 bits per heavy atom. The summed E-state index contributed by atoms with van der Waals surface area (Å²) in [5, 5.41) is 0. The van der Waals surface area contributed by atoms with E-state index in [0.717, 1.165) is 0 Å². The SMILES string of the molecule is CC(Br)c1ccc(CN)cc1. The molecular weight excluding hydrogens is 202 g/mol. The van der Waals surface area contributed by atoms with Gasteiger partial charge < -0.3 is 5.73 Å². The normalized spacial score (nSPS) is 13.0. The summed E-state index contributed by atoms with van der Waals surface area (Å²) in [4.78, 5) is 0.425. The average molecular weight is 214 g/mol. The summed E-state index contributed by atoms with van der Waals surface area (Å²) < 4.78 is 0. The molecule has 0 heterocycles. The van der Waals surface area contributed by atoms with Gasteiger partial charge in [-0.1, -0.05) is 40.2 Å². The number of benzene rings is 1. The van der Waals surface area contributed by atoms with Gasteiger partial charge in [-0.3, -0.25) is 0 Å². The summed E-state index contributed by atoms with van der Waals surface area (Å²) in [6.07, 6.45) is 0. The highest BCUT2D eigenvalue weighted by molar-refractivity contribution is 9.09. The lowest BCUT2D eigenvalue weighted by Gasteiger charge is -2.03. The van der Waals surface area contributed by atoms with Crippen LogP contribution in [0.25, 0.3) is 0 Å². The summed E-state index contributed by atoms with van der Waals surface area (Å²) >= 11 is 3.50. The fourth-order valence-electron chi connectivity index (χ4n) is 0.919. The highest BCUT2D eigenvalue weighted by atomic mass is 79.9. The Kier molecular flexibility index (Phi) is 3.09. The van der Waals surface area contributed by atoms with Crippen molar-refractivity contribution >= 4 is 15.9 Å². The first-order chi connectivity index (χ1) is 5.24. The van der Waals surface area contributed by atoms with E-state index < -0.39 is 0 Å². The van der Waals surface area contributed by atoms with E-state index in [1.807, 2.05) is 0 Å². The lowest BCUT2D eigenvalue weighted by Crippen LogP contribution is -1.95. The van der Waals surface area contributed by atoms with Gasteiger partial charge in [0.1, 0.15) is 0 Å². The van der Waals surface area contributed by atoms with Crippen LogP contribution in [-0.2, 0) is 6.54 Å². The lowest BCUT2D eigenvalue weighted by molar-refractivity contribution is 1.05. The first kappa shape index (κ1) is 8.75. The summed E-state index contributed by atoms with van der Waals surface area (Å²) in [7, 11) is 0. The van der Waals surface area contributed by atoms with Gasteiger partial charge in [-0.05, 0) is 18.1 Å². The molecule has 1 aromatic carbocycles. The van der Waals surface area contributed by atoms with E-state index in [0.29, 0.717) is 11.4 Å². The molecular formula is C9H12BrN. The van der Waals surface area contributed by atoms with E-state index in [4.69, 9.17) is 5.73 Å². The van der Waals surface area contributed by atoms with E-state index >= 15 is 0 Å². The zero-order valence-electron chi connectivity index (χ0n) is 6.55. The van der Waals surface area contributed by atoms with Gasteiger partial charge in [0.05, 0.1) is 0 Å². The largest absolute Gasteiger partial charge is 0.326 e. The second-order valence-electron chi connectivity index (χ2n) is 2.56. The van der Waals surface area contributed by atoms with Crippen molar-refractivity contribution in [2.24, 2.45) is 5.73 Å². The van der Waals surface area contributed by atoms with Crippen LogP contribution in [0.4, 0.5) is 0 Å². The molecule has 2 N–H and O–H groups in total. The van der Waals surface area contributed by atoms with E-state index in [1.165, 1.54) is 11.1 Å². The first-order valence-electron chi connectivity index (χ1n) is 3.67. The Balaban J connectivity index is 2.83. The Morgan fingerprint density at radius 2 is 1.91 bits per heavy atom. The van der Waals surface area contributed by atoms with Crippen LogP contribution in [0.5, 0.6) is 0 Å². The molecule has 1 rings (SSSR count). The molecule has 0 aliphatic carbocycles. The Hall–Kier alpha value is -0.340. The molecule has 0 aliphatic rings. The molecule has 0 bridgehead atoms. The minimum absolute atomic E-state index is 0.425. The van der Waals surface area contributed by atoms with Crippen LogP contribution in [0.3, 0.4) is 0 Å². The van der Waals surface area contributed by atoms with Gasteiger partial charge in [-0.25, -0.2) is 0 Å². The summed E-state index contributed by atoms with van der Waals surface area (Å²) in [6, 6.07) is 8.32. The molecule has 0 fully saturated rings. The van der Waals surface area contributed by atoms with Crippen molar-refractivity contribution in [3.05, 3.63) is 35.4 Å². The number of alkyl halides is 1. The maximum atomic E-state index is 5.46. The van der Waals surface area contributed by atoms with Crippen molar-refractivity contribution in [3.8, 4) is 0 Å². The molecule has 2 heteroatoms. The first-order valence-corrected chi connectivity index (χ1v) is 4.58. The quantitative estimate of drug-likeness (QED) is 0.752. The summed E-state index contributed by atoms with van der Waals surface area (Å²) in [5.74, 6) is 0. The number of halogens is 1. The number of rotatable bonds is 2. The smallest absolute Gasteiger partial charge is 0.0367 e. The average Bonchev–Trinajstić information content (AvgIpc) is 2.05. The van der Waals surface area contributed by atoms with Gasteiger partial charge in [-0.15, -0.1) is 0 Å². The van der Waals surface area contributed by atoms with Crippen molar-refractivity contribution in [1.82, 2.24) is 0 Å². The molecule has 1 nitrogen and oxygen atoms in total. The predicted molar refractivity (Wildman–Crippen MR) is 51.7 cm³/mol. The van der Waals surface area contributed by atoms with Crippen molar-refractivity contribution in [2.75, 3.05) is 0 Å². The maximum Gasteiger partial charge on any atom is 0.0367 e.